The van der Waals surface area contributed by atoms with Crippen molar-refractivity contribution in [3.05, 3.63) is 27.8 Å². The number of nitrogen functional groups attached to an aromatic ring is 1. The minimum absolute atomic E-state index is 0.00381. The lowest BCUT2D eigenvalue weighted by Crippen LogP contribution is -2.13. The molecule has 104 valence electrons. The first-order valence-electron chi connectivity index (χ1n) is 5.07. The van der Waals surface area contributed by atoms with Crippen LogP contribution < -0.4 is 10.5 Å². The second-order valence-corrected chi connectivity index (χ2v) is 3.23. The lowest BCUT2D eigenvalue weighted by molar-refractivity contribution is -0.384. The highest BCUT2D eigenvalue weighted by Gasteiger charge is 2.26. The van der Waals surface area contributed by atoms with E-state index in [1.54, 1.807) is 0 Å². The number of benzene rings is 1. The topological polar surface area (TPSA) is 105 Å². The summed E-state index contributed by atoms with van der Waals surface area (Å²) in [5.74, 6) is -1.72. The fourth-order valence-corrected chi connectivity index (χ4v) is 1.33. The molecule has 1 aromatic carbocycles. The number of nitro groups is 1. The van der Waals surface area contributed by atoms with Crippen LogP contribution in [0.5, 0.6) is 5.75 Å². The molecule has 0 aliphatic carbocycles. The number of nitrogens with zero attached hydrogens (tertiary/aromatic N) is 1. The maximum atomic E-state index is 12.3. The van der Waals surface area contributed by atoms with Crippen molar-refractivity contribution in [3.63, 3.8) is 0 Å². The Kier molecular flexibility index (Phi) is 4.56. The van der Waals surface area contributed by atoms with Crippen LogP contribution in [-0.2, 0) is 4.74 Å². The van der Waals surface area contributed by atoms with Gasteiger partial charge in [0.05, 0.1) is 11.5 Å². The van der Waals surface area contributed by atoms with Gasteiger partial charge in [-0.15, -0.1) is 0 Å². The molecule has 0 aliphatic rings. The van der Waals surface area contributed by atoms with Gasteiger partial charge in [-0.25, -0.2) is 4.79 Å². The van der Waals surface area contributed by atoms with E-state index in [-0.39, 0.29) is 6.61 Å². The molecule has 0 radical (unpaired) electrons. The van der Waals surface area contributed by atoms with Crippen molar-refractivity contribution in [2.75, 3.05) is 12.3 Å². The first-order chi connectivity index (χ1) is 8.88. The number of hydrogen-bond donors (Lipinski definition) is 1. The summed E-state index contributed by atoms with van der Waals surface area (Å²) in [6, 6.07) is 1.87. The molecule has 0 saturated heterocycles. The molecular formula is C10H10F2N2O5. The van der Waals surface area contributed by atoms with E-state index < -0.39 is 40.2 Å². The zero-order chi connectivity index (χ0) is 14.6. The summed E-state index contributed by atoms with van der Waals surface area (Å²) < 4.78 is 33.2. The van der Waals surface area contributed by atoms with E-state index in [9.17, 15) is 23.7 Å². The smallest absolute Gasteiger partial charge is 0.387 e. The zero-order valence-corrected chi connectivity index (χ0v) is 9.76. The second-order valence-electron chi connectivity index (χ2n) is 3.23. The highest BCUT2D eigenvalue weighted by Crippen LogP contribution is 2.36. The quantitative estimate of drug-likeness (QED) is 0.381. The molecule has 19 heavy (non-hydrogen) atoms. The number of ether oxygens (including phenoxy) is 2. The Morgan fingerprint density at radius 3 is 2.63 bits per heavy atom. The fourth-order valence-electron chi connectivity index (χ4n) is 1.33. The van der Waals surface area contributed by atoms with Crippen LogP contribution in [0.1, 0.15) is 17.3 Å². The van der Waals surface area contributed by atoms with E-state index in [1.807, 2.05) is 0 Å². The van der Waals surface area contributed by atoms with Gasteiger partial charge in [-0.2, -0.15) is 8.78 Å². The van der Waals surface area contributed by atoms with E-state index in [0.29, 0.717) is 0 Å². The number of carbonyl (C=O) groups excluding carboxylic acids is 1. The molecular weight excluding hydrogens is 266 g/mol. The van der Waals surface area contributed by atoms with Crippen LogP contribution >= 0.6 is 0 Å². The van der Waals surface area contributed by atoms with Gasteiger partial charge in [0.15, 0.2) is 11.4 Å². The van der Waals surface area contributed by atoms with Crippen molar-refractivity contribution in [2.24, 2.45) is 0 Å². The highest BCUT2D eigenvalue weighted by atomic mass is 19.3. The summed E-state index contributed by atoms with van der Waals surface area (Å²) in [5, 5.41) is 10.6. The molecule has 0 spiro atoms. The van der Waals surface area contributed by atoms with Crippen molar-refractivity contribution in [1.82, 2.24) is 0 Å². The molecule has 0 aromatic heterocycles. The van der Waals surface area contributed by atoms with Crippen molar-refractivity contribution in [3.8, 4) is 5.75 Å². The van der Waals surface area contributed by atoms with Gasteiger partial charge in [0.1, 0.15) is 5.56 Å². The lowest BCUT2D eigenvalue weighted by atomic mass is 10.1. The van der Waals surface area contributed by atoms with Crippen molar-refractivity contribution < 1.29 is 28.0 Å². The van der Waals surface area contributed by atoms with E-state index >= 15 is 0 Å². The number of nitro benzene ring substituents is 1. The number of nitrogens with two attached hydrogens (primary N) is 1. The van der Waals surface area contributed by atoms with Crippen molar-refractivity contribution in [1.29, 1.82) is 0 Å². The molecule has 9 heteroatoms. The van der Waals surface area contributed by atoms with E-state index in [2.05, 4.69) is 9.47 Å². The van der Waals surface area contributed by atoms with Crippen LogP contribution in [0, 0.1) is 10.1 Å². The first kappa shape index (κ1) is 14.6. The molecule has 1 aromatic rings. The van der Waals surface area contributed by atoms with Gasteiger partial charge in [0.25, 0.3) is 5.69 Å². The van der Waals surface area contributed by atoms with Gasteiger partial charge < -0.3 is 15.2 Å². The Hall–Kier alpha value is -2.45. The lowest BCUT2D eigenvalue weighted by Gasteiger charge is -2.12. The molecule has 0 unspecified atom stereocenters. The molecule has 0 saturated carbocycles. The normalized spacial score (nSPS) is 10.3. The van der Waals surface area contributed by atoms with Crippen LogP contribution in [0.15, 0.2) is 12.1 Å². The number of carbonyl (C=O) groups is 1. The third-order valence-corrected chi connectivity index (χ3v) is 2.07. The SMILES string of the molecule is CCOC(=O)c1ccc([N+](=O)[O-])c(N)c1OC(F)F. The maximum absolute atomic E-state index is 12.3. The molecule has 7 nitrogen and oxygen atoms in total. The summed E-state index contributed by atoms with van der Waals surface area (Å²) >= 11 is 0. The Bertz CT molecular complexity index is 507. The minimum atomic E-state index is -3.28. The van der Waals surface area contributed by atoms with E-state index in [4.69, 9.17) is 5.73 Å². The third-order valence-electron chi connectivity index (χ3n) is 2.07. The van der Waals surface area contributed by atoms with Gasteiger partial charge in [-0.3, -0.25) is 10.1 Å². The summed E-state index contributed by atoms with van der Waals surface area (Å²) in [6.07, 6.45) is 0. The number of anilines is 1. The van der Waals surface area contributed by atoms with Gasteiger partial charge in [-0.05, 0) is 13.0 Å². The average Bonchev–Trinajstić information content (AvgIpc) is 2.30. The molecule has 0 heterocycles. The average molecular weight is 276 g/mol. The third kappa shape index (κ3) is 3.27. The van der Waals surface area contributed by atoms with Crippen LogP contribution in [0.4, 0.5) is 20.2 Å². The molecule has 0 bridgehead atoms. The standard InChI is InChI=1S/C10H10F2N2O5/c1-2-18-9(15)5-3-4-6(14(16)17)7(13)8(5)19-10(11)12/h3-4,10H,2,13H2,1H3. The predicted molar refractivity (Wildman–Crippen MR) is 60.1 cm³/mol. The molecule has 0 fully saturated rings. The van der Waals surface area contributed by atoms with Crippen LogP contribution in [-0.4, -0.2) is 24.1 Å². The Morgan fingerprint density at radius 2 is 2.16 bits per heavy atom. The van der Waals surface area contributed by atoms with Crippen LogP contribution in [0.3, 0.4) is 0 Å². The van der Waals surface area contributed by atoms with Gasteiger partial charge >= 0.3 is 12.6 Å². The Labute approximate surface area is 106 Å². The van der Waals surface area contributed by atoms with Gasteiger partial charge in [-0.1, -0.05) is 0 Å². The predicted octanol–water partition coefficient (Wildman–Crippen LogP) is 1.96. The largest absolute Gasteiger partial charge is 0.462 e. The van der Waals surface area contributed by atoms with Crippen LogP contribution in [0.2, 0.25) is 0 Å². The van der Waals surface area contributed by atoms with E-state index in [1.165, 1.54) is 6.92 Å². The molecule has 2 N–H and O–H groups in total. The number of alkyl halides is 2. The summed E-state index contributed by atoms with van der Waals surface area (Å²) in [6.45, 7) is -1.76. The minimum Gasteiger partial charge on any atom is -0.462 e. The summed E-state index contributed by atoms with van der Waals surface area (Å²) in [7, 11) is 0. The van der Waals surface area contributed by atoms with E-state index in [0.717, 1.165) is 12.1 Å². The molecule has 0 aliphatic heterocycles. The fraction of sp³-hybridized carbons (Fsp3) is 0.300. The molecule has 0 atom stereocenters. The van der Waals surface area contributed by atoms with Crippen molar-refractivity contribution >= 4 is 17.3 Å². The molecule has 1 rings (SSSR count). The zero-order valence-electron chi connectivity index (χ0n) is 9.76. The highest BCUT2D eigenvalue weighted by molar-refractivity contribution is 5.96. The summed E-state index contributed by atoms with van der Waals surface area (Å²) in [5.41, 5.74) is 3.67. The number of rotatable bonds is 5. The number of hydrogen-bond acceptors (Lipinski definition) is 6. The number of esters is 1. The maximum Gasteiger partial charge on any atom is 0.387 e. The monoisotopic (exact) mass is 276 g/mol. The number of halogens is 2. The second kappa shape index (κ2) is 5.94. The van der Waals surface area contributed by atoms with Gasteiger partial charge in [0, 0.05) is 6.07 Å². The van der Waals surface area contributed by atoms with Crippen molar-refractivity contribution in [2.45, 2.75) is 13.5 Å². The molecule has 0 amide bonds. The Morgan fingerprint density at radius 1 is 1.53 bits per heavy atom. The first-order valence-corrected chi connectivity index (χ1v) is 5.07. The van der Waals surface area contributed by atoms with Crippen LogP contribution in [0.25, 0.3) is 0 Å². The van der Waals surface area contributed by atoms with Gasteiger partial charge in [0.2, 0.25) is 0 Å². The Balaban J connectivity index is 3.35. The summed E-state index contributed by atoms with van der Waals surface area (Å²) in [4.78, 5) is 21.3.